The molecule has 184 valence electrons. The van der Waals surface area contributed by atoms with E-state index in [1.165, 1.54) is 6.08 Å². The van der Waals surface area contributed by atoms with Gasteiger partial charge in [0.1, 0.15) is 17.0 Å². The van der Waals surface area contributed by atoms with Crippen LogP contribution in [0.15, 0.2) is 87.7 Å². The van der Waals surface area contributed by atoms with Crippen molar-refractivity contribution in [1.29, 1.82) is 0 Å². The smallest absolute Gasteiger partial charge is 0.250 e. The fourth-order valence-corrected chi connectivity index (χ4v) is 4.36. The van der Waals surface area contributed by atoms with Gasteiger partial charge in [-0.2, -0.15) is 0 Å². The predicted octanol–water partition coefficient (Wildman–Crippen LogP) is 7.90. The van der Waals surface area contributed by atoms with E-state index in [0.717, 1.165) is 22.2 Å². The number of anilines is 1. The summed E-state index contributed by atoms with van der Waals surface area (Å²) in [6.07, 6.45) is 2.87. The quantitative estimate of drug-likeness (QED) is 0.172. The summed E-state index contributed by atoms with van der Waals surface area (Å²) in [6, 6.07) is 21.9. The molecular weight excluding hydrogens is 529 g/mol. The van der Waals surface area contributed by atoms with E-state index in [4.69, 9.17) is 44.3 Å². The van der Waals surface area contributed by atoms with E-state index < -0.39 is 5.91 Å². The van der Waals surface area contributed by atoms with Crippen molar-refractivity contribution in [1.82, 2.24) is 10.3 Å². The lowest BCUT2D eigenvalue weighted by Crippen LogP contribution is -2.32. The number of benzene rings is 3. The number of aryl methyl sites for hydroxylation is 1. The highest BCUT2D eigenvalue weighted by atomic mass is 35.5. The zero-order valence-corrected chi connectivity index (χ0v) is 21.7. The minimum Gasteiger partial charge on any atom is -0.457 e. The Morgan fingerprint density at radius 1 is 1.00 bits per heavy atom. The molecule has 0 aliphatic heterocycles. The Balaban J connectivity index is 1.21. The van der Waals surface area contributed by atoms with Crippen LogP contribution in [0.3, 0.4) is 0 Å². The summed E-state index contributed by atoms with van der Waals surface area (Å²) in [7, 11) is 0. The maximum absolute atomic E-state index is 12.4. The topological polar surface area (TPSA) is 80.3 Å². The van der Waals surface area contributed by atoms with Crippen molar-refractivity contribution in [3.63, 3.8) is 0 Å². The molecule has 2 N–H and O–H groups in total. The van der Waals surface area contributed by atoms with Gasteiger partial charge in [-0.05, 0) is 91.4 Å². The molecule has 0 saturated carbocycles. The van der Waals surface area contributed by atoms with Crippen LogP contribution in [0.25, 0.3) is 40.0 Å². The summed E-state index contributed by atoms with van der Waals surface area (Å²) in [5.41, 5.74) is 4.77. The first-order valence-electron chi connectivity index (χ1n) is 11.2. The van der Waals surface area contributed by atoms with Crippen LogP contribution in [0.2, 0.25) is 10.0 Å². The first-order chi connectivity index (χ1) is 17.8. The van der Waals surface area contributed by atoms with Gasteiger partial charge in [-0.3, -0.25) is 10.1 Å². The van der Waals surface area contributed by atoms with Gasteiger partial charge in [-0.1, -0.05) is 35.3 Å². The van der Waals surface area contributed by atoms with Gasteiger partial charge in [0.25, 0.3) is 0 Å². The van der Waals surface area contributed by atoms with E-state index in [9.17, 15) is 4.79 Å². The summed E-state index contributed by atoms with van der Waals surface area (Å²) in [5.74, 6) is 1.13. The number of nitrogens with zero attached hydrogens (tertiary/aromatic N) is 1. The number of halogens is 2. The van der Waals surface area contributed by atoms with Crippen molar-refractivity contribution in [2.45, 2.75) is 6.92 Å². The van der Waals surface area contributed by atoms with Gasteiger partial charge >= 0.3 is 0 Å². The average Bonchev–Trinajstić information content (AvgIpc) is 3.50. The Hall–Kier alpha value is -3.91. The van der Waals surface area contributed by atoms with Crippen LogP contribution < -0.4 is 10.6 Å². The van der Waals surface area contributed by atoms with E-state index in [0.29, 0.717) is 38.7 Å². The third-order valence-corrected chi connectivity index (χ3v) is 6.12. The van der Waals surface area contributed by atoms with Crippen molar-refractivity contribution in [2.24, 2.45) is 0 Å². The molecule has 0 aliphatic rings. The van der Waals surface area contributed by atoms with Crippen LogP contribution >= 0.6 is 35.4 Å². The lowest BCUT2D eigenvalue weighted by Gasteiger charge is -2.08. The molecule has 0 unspecified atom stereocenters. The standard InChI is InChI=1S/C28H19Cl2N3O3S/c1-16-5-10-23-25(13-16)36-27(32-23)17-3-2-4-19(14-17)31-28(37)33-26(34)12-8-20-7-11-24(35-20)21-9-6-18(29)15-22(21)30/h2-15H,1H3,(H2,31,33,34,37)/b12-8+. The number of fused-ring (bicyclic) bond motifs is 1. The molecule has 3 aromatic carbocycles. The molecule has 0 aliphatic carbocycles. The van der Waals surface area contributed by atoms with E-state index in [1.807, 2.05) is 49.4 Å². The first kappa shape index (κ1) is 24.8. The molecule has 1 amide bonds. The van der Waals surface area contributed by atoms with Crippen LogP contribution in [0.1, 0.15) is 11.3 Å². The maximum atomic E-state index is 12.4. The number of hydrogen-bond donors (Lipinski definition) is 2. The van der Waals surface area contributed by atoms with Crippen LogP contribution in [-0.2, 0) is 4.79 Å². The minimum absolute atomic E-state index is 0.146. The monoisotopic (exact) mass is 547 g/mol. The Morgan fingerprint density at radius 3 is 2.70 bits per heavy atom. The molecule has 0 spiro atoms. The molecule has 5 rings (SSSR count). The number of furan rings is 1. The summed E-state index contributed by atoms with van der Waals surface area (Å²) >= 11 is 17.5. The van der Waals surface area contributed by atoms with Crippen molar-refractivity contribution >= 4 is 69.3 Å². The van der Waals surface area contributed by atoms with Gasteiger partial charge in [0.15, 0.2) is 10.7 Å². The van der Waals surface area contributed by atoms with E-state index in [-0.39, 0.29) is 5.11 Å². The fourth-order valence-electron chi connectivity index (χ4n) is 3.64. The number of hydrogen-bond acceptors (Lipinski definition) is 5. The zero-order chi connectivity index (χ0) is 25.9. The molecule has 0 saturated heterocycles. The third-order valence-electron chi connectivity index (χ3n) is 5.37. The number of thiocarbonyl (C=S) groups is 1. The summed E-state index contributed by atoms with van der Waals surface area (Å²) in [4.78, 5) is 16.9. The minimum atomic E-state index is -0.412. The summed E-state index contributed by atoms with van der Waals surface area (Å²) in [5, 5.41) is 6.78. The van der Waals surface area contributed by atoms with Gasteiger partial charge in [0.2, 0.25) is 11.8 Å². The van der Waals surface area contributed by atoms with Gasteiger partial charge in [-0.25, -0.2) is 4.98 Å². The second-order valence-corrected chi connectivity index (χ2v) is 9.43. The first-order valence-corrected chi connectivity index (χ1v) is 12.3. The van der Waals surface area contributed by atoms with Crippen LogP contribution in [0.5, 0.6) is 0 Å². The predicted molar refractivity (Wildman–Crippen MR) is 152 cm³/mol. The van der Waals surface area contributed by atoms with Crippen molar-refractivity contribution < 1.29 is 13.6 Å². The van der Waals surface area contributed by atoms with Crippen molar-refractivity contribution in [2.75, 3.05) is 5.32 Å². The number of carbonyl (C=O) groups excluding carboxylic acids is 1. The number of nitrogens with one attached hydrogen (secondary N) is 2. The molecule has 5 aromatic rings. The number of aromatic nitrogens is 1. The Bertz CT molecular complexity index is 1670. The van der Waals surface area contributed by atoms with E-state index in [2.05, 4.69) is 15.6 Å². The molecule has 0 radical (unpaired) electrons. The normalized spacial score (nSPS) is 11.2. The zero-order valence-electron chi connectivity index (χ0n) is 19.4. The van der Waals surface area contributed by atoms with Crippen LogP contribution in [0, 0.1) is 6.92 Å². The molecule has 9 heteroatoms. The highest BCUT2D eigenvalue weighted by Crippen LogP contribution is 2.32. The SMILES string of the molecule is Cc1ccc2nc(-c3cccc(NC(=S)NC(=O)/C=C/c4ccc(-c5ccc(Cl)cc5Cl)o4)c3)oc2c1. The van der Waals surface area contributed by atoms with Gasteiger partial charge < -0.3 is 14.2 Å². The number of carbonyl (C=O) groups is 1. The second-order valence-electron chi connectivity index (χ2n) is 8.17. The van der Waals surface area contributed by atoms with Gasteiger partial charge in [0.05, 0.1) is 5.02 Å². The summed E-state index contributed by atoms with van der Waals surface area (Å²) in [6.45, 7) is 2.00. The number of oxazole rings is 1. The lowest BCUT2D eigenvalue weighted by atomic mass is 10.2. The van der Waals surface area contributed by atoms with Crippen molar-refractivity contribution in [3.05, 3.63) is 100 Å². The van der Waals surface area contributed by atoms with Crippen LogP contribution in [-0.4, -0.2) is 16.0 Å². The fraction of sp³-hybridized carbons (Fsp3) is 0.0357. The molecule has 2 heterocycles. The lowest BCUT2D eigenvalue weighted by molar-refractivity contribution is -0.115. The third kappa shape index (κ3) is 5.91. The Morgan fingerprint density at radius 2 is 1.86 bits per heavy atom. The number of rotatable bonds is 5. The average molecular weight is 548 g/mol. The molecule has 0 fully saturated rings. The summed E-state index contributed by atoms with van der Waals surface area (Å²) < 4.78 is 11.7. The van der Waals surface area contributed by atoms with E-state index >= 15 is 0 Å². The molecular formula is C28H19Cl2N3O3S. The largest absolute Gasteiger partial charge is 0.457 e. The molecule has 2 aromatic heterocycles. The molecule has 6 nitrogen and oxygen atoms in total. The highest BCUT2D eigenvalue weighted by Gasteiger charge is 2.11. The van der Waals surface area contributed by atoms with Gasteiger partial charge in [-0.15, -0.1) is 0 Å². The Labute approximate surface area is 227 Å². The second kappa shape index (κ2) is 10.6. The van der Waals surface area contributed by atoms with Crippen LogP contribution in [0.4, 0.5) is 5.69 Å². The maximum Gasteiger partial charge on any atom is 0.250 e. The molecule has 0 bridgehead atoms. The van der Waals surface area contributed by atoms with E-state index in [1.54, 1.807) is 36.4 Å². The molecule has 0 atom stereocenters. The Kier molecular flexibility index (Phi) is 7.10. The highest BCUT2D eigenvalue weighted by molar-refractivity contribution is 7.80. The molecule has 37 heavy (non-hydrogen) atoms. The van der Waals surface area contributed by atoms with Gasteiger partial charge in [0, 0.05) is 27.9 Å². The number of amides is 1. The van der Waals surface area contributed by atoms with Crippen molar-refractivity contribution in [3.8, 4) is 22.8 Å².